The largest absolute Gasteiger partial charge is 0.381 e. The van der Waals surface area contributed by atoms with Crippen LogP contribution in [-0.4, -0.2) is 56.5 Å². The normalized spacial score (nSPS) is 17.1. The van der Waals surface area contributed by atoms with Crippen LogP contribution in [0.2, 0.25) is 5.02 Å². The van der Waals surface area contributed by atoms with Crippen LogP contribution in [0.3, 0.4) is 0 Å². The van der Waals surface area contributed by atoms with Gasteiger partial charge in [-0.1, -0.05) is 17.7 Å². The van der Waals surface area contributed by atoms with Gasteiger partial charge in [-0.3, -0.25) is 4.68 Å². The third-order valence-corrected chi connectivity index (χ3v) is 6.70. The van der Waals surface area contributed by atoms with Crippen LogP contribution >= 0.6 is 11.6 Å². The van der Waals surface area contributed by atoms with Crippen molar-refractivity contribution >= 4 is 23.6 Å². The summed E-state index contributed by atoms with van der Waals surface area (Å²) in [5, 5.41) is 10.7. The summed E-state index contributed by atoms with van der Waals surface area (Å²) in [7, 11) is 1.79. The molecule has 3 aromatic rings. The van der Waals surface area contributed by atoms with Crippen LogP contribution in [0.4, 0.5) is 15.1 Å². The lowest BCUT2D eigenvalue weighted by Gasteiger charge is -2.30. The van der Waals surface area contributed by atoms with Crippen molar-refractivity contribution in [3.05, 3.63) is 70.0 Å². The van der Waals surface area contributed by atoms with Crippen LogP contribution in [0.1, 0.15) is 41.3 Å². The van der Waals surface area contributed by atoms with E-state index in [0.717, 1.165) is 42.9 Å². The fourth-order valence-electron chi connectivity index (χ4n) is 4.43. The predicted molar refractivity (Wildman–Crippen MR) is 129 cm³/mol. The van der Waals surface area contributed by atoms with Gasteiger partial charge in [0.05, 0.1) is 29.5 Å². The fourth-order valence-corrected chi connectivity index (χ4v) is 4.54. The number of amides is 2. The summed E-state index contributed by atoms with van der Waals surface area (Å²) < 4.78 is 21.3. The summed E-state index contributed by atoms with van der Waals surface area (Å²) in [6.07, 6.45) is 7.78. The Hall–Kier alpha value is -3.24. The van der Waals surface area contributed by atoms with Gasteiger partial charge in [0.2, 0.25) is 5.95 Å². The molecule has 0 spiro atoms. The second kappa shape index (κ2) is 10.2. The Balaban J connectivity index is 1.32. The van der Waals surface area contributed by atoms with Crippen molar-refractivity contribution in [1.29, 1.82) is 0 Å². The fraction of sp³-hybridized carbons (Fsp3) is 0.417. The van der Waals surface area contributed by atoms with Crippen molar-refractivity contribution in [2.24, 2.45) is 7.05 Å². The maximum absolute atomic E-state index is 14.2. The number of carbonyl (C=O) groups is 1. The number of fused-ring (bicyclic) bond motifs is 1. The Morgan fingerprint density at radius 2 is 2.09 bits per heavy atom. The second-order valence-corrected chi connectivity index (χ2v) is 9.28. The number of nitrogens with one attached hydrogen (secondary N) is 2. The van der Waals surface area contributed by atoms with Crippen LogP contribution < -0.4 is 10.6 Å². The number of nitrogens with zero attached hydrogens (tertiary/aromatic N) is 5. The van der Waals surface area contributed by atoms with Crippen molar-refractivity contribution in [2.45, 2.75) is 37.9 Å². The average molecular weight is 500 g/mol. The minimum Gasteiger partial charge on any atom is -0.381 e. The van der Waals surface area contributed by atoms with E-state index in [1.54, 1.807) is 35.1 Å². The minimum absolute atomic E-state index is 0.0301. The van der Waals surface area contributed by atoms with Crippen molar-refractivity contribution in [3.63, 3.8) is 0 Å². The number of ether oxygens (including phenoxy) is 1. The number of halogens is 2. The molecule has 35 heavy (non-hydrogen) atoms. The molecule has 2 amide bonds. The second-order valence-electron chi connectivity index (χ2n) is 8.87. The van der Waals surface area contributed by atoms with E-state index >= 15 is 0 Å². The quantitative estimate of drug-likeness (QED) is 0.558. The van der Waals surface area contributed by atoms with Crippen LogP contribution in [-0.2, 0) is 24.8 Å². The Morgan fingerprint density at radius 3 is 2.83 bits per heavy atom. The van der Waals surface area contributed by atoms with E-state index in [1.165, 1.54) is 12.1 Å². The minimum atomic E-state index is -0.583. The molecule has 9 nitrogen and oxygen atoms in total. The zero-order chi connectivity index (χ0) is 24.4. The number of aryl methyl sites for hydroxylation is 1. The van der Waals surface area contributed by atoms with Gasteiger partial charge in [-0.2, -0.15) is 5.10 Å². The molecule has 0 bridgehead atoms. The van der Waals surface area contributed by atoms with Crippen LogP contribution in [0.5, 0.6) is 0 Å². The number of benzene rings is 1. The lowest BCUT2D eigenvalue weighted by Crippen LogP contribution is -2.44. The molecule has 0 unspecified atom stereocenters. The maximum Gasteiger partial charge on any atom is 0.318 e. The summed E-state index contributed by atoms with van der Waals surface area (Å²) in [4.78, 5) is 24.2. The molecule has 0 saturated carbocycles. The summed E-state index contributed by atoms with van der Waals surface area (Å²) in [6.45, 7) is 2.35. The number of rotatable bonds is 5. The van der Waals surface area contributed by atoms with E-state index in [1.807, 2.05) is 6.20 Å². The highest BCUT2D eigenvalue weighted by Gasteiger charge is 2.27. The molecule has 1 atom stereocenters. The summed E-state index contributed by atoms with van der Waals surface area (Å²) in [5.41, 5.74) is 3.18. The molecule has 2 aliphatic rings. The summed E-state index contributed by atoms with van der Waals surface area (Å²) >= 11 is 5.87. The van der Waals surface area contributed by atoms with Gasteiger partial charge in [0.1, 0.15) is 5.82 Å². The van der Waals surface area contributed by atoms with Gasteiger partial charge in [0.15, 0.2) is 0 Å². The Morgan fingerprint density at radius 1 is 1.26 bits per heavy atom. The van der Waals surface area contributed by atoms with Gasteiger partial charge in [-0.15, -0.1) is 0 Å². The molecular formula is C24H27ClFN7O2. The lowest BCUT2D eigenvalue weighted by atomic mass is 10.0. The molecule has 1 saturated heterocycles. The molecule has 2 N–H and O–H groups in total. The summed E-state index contributed by atoms with van der Waals surface area (Å²) in [6, 6.07) is 3.97. The maximum atomic E-state index is 14.2. The molecule has 0 radical (unpaired) electrons. The van der Waals surface area contributed by atoms with Crippen molar-refractivity contribution < 1.29 is 13.9 Å². The van der Waals surface area contributed by atoms with Crippen LogP contribution in [0, 0.1) is 5.82 Å². The molecule has 1 aromatic carbocycles. The highest BCUT2D eigenvalue weighted by Crippen LogP contribution is 2.26. The van der Waals surface area contributed by atoms with E-state index < -0.39 is 11.9 Å². The first-order chi connectivity index (χ1) is 17.0. The molecule has 1 fully saturated rings. The molecule has 0 aliphatic carbocycles. The van der Waals surface area contributed by atoms with E-state index in [0.29, 0.717) is 31.0 Å². The van der Waals surface area contributed by atoms with Gasteiger partial charge in [-0.05, 0) is 42.5 Å². The SMILES string of the molecule is Cn1cc([C@@H](NC(=O)N2CCc3cnc(NC4CCOCC4)nc3C2)c2ccc(Cl)c(F)c2)cn1. The Bertz CT molecular complexity index is 1210. The Labute approximate surface area is 207 Å². The van der Waals surface area contributed by atoms with Crippen LogP contribution in [0.15, 0.2) is 36.8 Å². The van der Waals surface area contributed by atoms with Gasteiger partial charge in [0, 0.05) is 50.8 Å². The zero-order valence-electron chi connectivity index (χ0n) is 19.4. The van der Waals surface area contributed by atoms with Crippen LogP contribution in [0.25, 0.3) is 0 Å². The predicted octanol–water partition coefficient (Wildman–Crippen LogP) is 3.45. The first kappa shape index (κ1) is 23.5. The van der Waals surface area contributed by atoms with E-state index in [4.69, 9.17) is 21.3 Å². The first-order valence-corrected chi connectivity index (χ1v) is 12.0. The van der Waals surface area contributed by atoms with E-state index in [9.17, 15) is 9.18 Å². The highest BCUT2D eigenvalue weighted by molar-refractivity contribution is 6.30. The topological polar surface area (TPSA) is 97.2 Å². The summed E-state index contributed by atoms with van der Waals surface area (Å²) in [5.74, 6) is 0.0308. The molecule has 11 heteroatoms. The van der Waals surface area contributed by atoms with Crippen molar-refractivity contribution in [1.82, 2.24) is 30.0 Å². The third-order valence-electron chi connectivity index (χ3n) is 6.39. The number of aromatic nitrogens is 4. The van der Waals surface area contributed by atoms with Crippen molar-refractivity contribution in [2.75, 3.05) is 25.1 Å². The number of hydrogen-bond donors (Lipinski definition) is 2. The smallest absolute Gasteiger partial charge is 0.318 e. The standard InChI is InChI=1S/C24H27ClFN7O2/c1-32-13-17(12-28-32)22(15-2-3-19(25)20(26)10-15)31-24(34)33-7-4-16-11-27-23(30-21(16)14-33)29-18-5-8-35-9-6-18/h2-3,10-13,18,22H,4-9,14H2,1H3,(H,31,34)(H,27,29,30)/t22-/m0/s1. The molecular weight excluding hydrogens is 473 g/mol. The number of anilines is 1. The van der Waals surface area contributed by atoms with Gasteiger partial charge in [-0.25, -0.2) is 19.2 Å². The van der Waals surface area contributed by atoms with Gasteiger partial charge >= 0.3 is 6.03 Å². The molecule has 184 valence electrons. The van der Waals surface area contributed by atoms with Gasteiger partial charge in [0.25, 0.3) is 0 Å². The lowest BCUT2D eigenvalue weighted by molar-refractivity contribution is 0.0903. The van der Waals surface area contributed by atoms with Gasteiger partial charge < -0.3 is 20.3 Å². The van der Waals surface area contributed by atoms with E-state index in [-0.39, 0.29) is 17.1 Å². The molecule has 4 heterocycles. The van der Waals surface area contributed by atoms with Crippen molar-refractivity contribution in [3.8, 4) is 0 Å². The molecule has 5 rings (SSSR count). The Kier molecular flexibility index (Phi) is 6.83. The highest BCUT2D eigenvalue weighted by atomic mass is 35.5. The number of carbonyl (C=O) groups excluding carboxylic acids is 1. The zero-order valence-corrected chi connectivity index (χ0v) is 20.1. The first-order valence-electron chi connectivity index (χ1n) is 11.6. The monoisotopic (exact) mass is 499 g/mol. The third kappa shape index (κ3) is 5.38. The molecule has 2 aliphatic heterocycles. The molecule has 2 aromatic heterocycles. The average Bonchev–Trinajstić information content (AvgIpc) is 3.30. The van der Waals surface area contributed by atoms with E-state index in [2.05, 4.69) is 20.7 Å². The number of urea groups is 1. The number of hydrogen-bond acceptors (Lipinski definition) is 6.